The van der Waals surface area contributed by atoms with Crippen molar-refractivity contribution < 1.29 is 12.8 Å². The van der Waals surface area contributed by atoms with E-state index in [0.29, 0.717) is 5.69 Å². The molecule has 0 saturated carbocycles. The fourth-order valence-electron chi connectivity index (χ4n) is 1.82. The Morgan fingerprint density at radius 1 is 1.13 bits per heavy atom. The second-order valence-corrected chi connectivity index (χ2v) is 7.13. The van der Waals surface area contributed by atoms with Crippen LogP contribution in [0.25, 0.3) is 0 Å². The Labute approximate surface area is 138 Å². The molecule has 0 heterocycles. The summed E-state index contributed by atoms with van der Waals surface area (Å²) in [6.07, 6.45) is 1.66. The first-order valence-electron chi connectivity index (χ1n) is 6.50. The summed E-state index contributed by atoms with van der Waals surface area (Å²) in [7, 11) is -3.93. The maximum Gasteiger partial charge on any atom is 0.219 e. The predicted octanol–water partition coefficient (Wildman–Crippen LogP) is 3.77. The third-order valence-corrected chi connectivity index (χ3v) is 5.51. The largest absolute Gasteiger partial charge is 0.349 e. The van der Waals surface area contributed by atoms with Crippen molar-refractivity contribution >= 4 is 27.3 Å². The van der Waals surface area contributed by atoms with Crippen molar-refractivity contribution in [1.82, 2.24) is 0 Å². The summed E-state index contributed by atoms with van der Waals surface area (Å²) in [5, 5.41) is 12.4. The Morgan fingerprint density at radius 2 is 1.74 bits per heavy atom. The van der Waals surface area contributed by atoms with Crippen LogP contribution in [0.15, 0.2) is 69.4 Å². The Bertz CT molecular complexity index is 855. The van der Waals surface area contributed by atoms with E-state index in [4.69, 9.17) is 0 Å². The summed E-state index contributed by atoms with van der Waals surface area (Å²) in [6, 6.07) is 14.9. The normalized spacial score (nSPS) is 12.2. The van der Waals surface area contributed by atoms with Crippen molar-refractivity contribution in [2.45, 2.75) is 4.90 Å². The third-order valence-electron chi connectivity index (χ3n) is 2.94. The van der Waals surface area contributed by atoms with Gasteiger partial charge in [0, 0.05) is 5.69 Å². The van der Waals surface area contributed by atoms with E-state index < -0.39 is 15.7 Å². The van der Waals surface area contributed by atoms with E-state index in [2.05, 4.69) is 5.32 Å². The average molecular weight is 348 g/mol. The highest BCUT2D eigenvalue weighted by Crippen LogP contribution is 2.27. The van der Waals surface area contributed by atoms with Crippen molar-refractivity contribution in [2.75, 3.05) is 11.6 Å². The Kier molecular flexibility index (Phi) is 5.42. The van der Waals surface area contributed by atoms with Crippen LogP contribution < -0.4 is 5.32 Å². The van der Waals surface area contributed by atoms with Gasteiger partial charge in [0.25, 0.3) is 0 Å². The number of rotatable bonds is 5. The number of nitrogens with zero attached hydrogens (tertiary/aromatic N) is 1. The van der Waals surface area contributed by atoms with Gasteiger partial charge in [0.1, 0.15) is 16.9 Å². The van der Waals surface area contributed by atoms with Crippen LogP contribution in [0, 0.1) is 17.1 Å². The maximum atomic E-state index is 12.9. The number of anilines is 1. The van der Waals surface area contributed by atoms with Crippen molar-refractivity contribution in [3.05, 3.63) is 70.3 Å². The lowest BCUT2D eigenvalue weighted by Crippen LogP contribution is -2.09. The molecule has 118 valence electrons. The number of benzene rings is 2. The van der Waals surface area contributed by atoms with Crippen LogP contribution >= 0.6 is 11.8 Å². The zero-order valence-corrected chi connectivity index (χ0v) is 13.8. The molecular formula is C16H13FN2O2S2. The molecule has 1 N–H and O–H groups in total. The topological polar surface area (TPSA) is 70.0 Å². The summed E-state index contributed by atoms with van der Waals surface area (Å²) in [4.78, 5) is -0.329. The minimum Gasteiger partial charge on any atom is -0.349 e. The molecule has 0 bridgehead atoms. The molecule has 0 radical (unpaired) electrons. The van der Waals surface area contributed by atoms with Gasteiger partial charge in [0.15, 0.2) is 4.91 Å². The van der Waals surface area contributed by atoms with Gasteiger partial charge in [-0.05, 0) is 42.7 Å². The third kappa shape index (κ3) is 3.92. The highest BCUT2D eigenvalue weighted by Gasteiger charge is 2.24. The quantitative estimate of drug-likeness (QED) is 0.833. The molecule has 2 aromatic rings. The average Bonchev–Trinajstić information content (AvgIpc) is 2.57. The highest BCUT2D eigenvalue weighted by atomic mass is 32.2. The van der Waals surface area contributed by atoms with Crippen molar-refractivity contribution in [1.29, 1.82) is 5.26 Å². The highest BCUT2D eigenvalue weighted by molar-refractivity contribution is 8.04. The van der Waals surface area contributed by atoms with Crippen LogP contribution in [0.4, 0.5) is 10.1 Å². The van der Waals surface area contributed by atoms with E-state index in [9.17, 15) is 18.1 Å². The van der Waals surface area contributed by atoms with E-state index in [-0.39, 0.29) is 14.8 Å². The van der Waals surface area contributed by atoms with Crippen LogP contribution in [0.1, 0.15) is 0 Å². The summed E-state index contributed by atoms with van der Waals surface area (Å²) < 4.78 is 38.2. The predicted molar refractivity (Wildman–Crippen MR) is 89.8 cm³/mol. The van der Waals surface area contributed by atoms with Gasteiger partial charge in [0.2, 0.25) is 9.84 Å². The first-order valence-corrected chi connectivity index (χ1v) is 9.21. The second kappa shape index (κ2) is 7.31. The Hall–Kier alpha value is -2.30. The second-order valence-electron chi connectivity index (χ2n) is 4.42. The number of hydrogen-bond acceptors (Lipinski definition) is 5. The summed E-state index contributed by atoms with van der Waals surface area (Å²) >= 11 is 1.10. The molecule has 2 rings (SSSR count). The molecule has 4 nitrogen and oxygen atoms in total. The van der Waals surface area contributed by atoms with Crippen molar-refractivity contribution in [3.63, 3.8) is 0 Å². The van der Waals surface area contributed by atoms with Crippen LogP contribution in [-0.4, -0.2) is 14.7 Å². The summed E-state index contributed by atoms with van der Waals surface area (Å²) in [6.45, 7) is 0. The van der Waals surface area contributed by atoms with E-state index in [1.165, 1.54) is 36.4 Å². The van der Waals surface area contributed by atoms with Gasteiger partial charge in [-0.15, -0.1) is 11.8 Å². The van der Waals surface area contributed by atoms with Crippen LogP contribution in [0.2, 0.25) is 0 Å². The number of allylic oxidation sites excluding steroid dienone is 1. The van der Waals surface area contributed by atoms with E-state index in [1.807, 2.05) is 0 Å². The van der Waals surface area contributed by atoms with Crippen LogP contribution in [0.3, 0.4) is 0 Å². The summed E-state index contributed by atoms with van der Waals surface area (Å²) in [5.74, 6) is -0.400. The van der Waals surface area contributed by atoms with Gasteiger partial charge < -0.3 is 5.32 Å². The molecule has 7 heteroatoms. The number of nitrogens with one attached hydrogen (secondary N) is 1. The standard InChI is InChI=1S/C16H13FN2O2S2/c1-22-16(19-13-9-7-12(17)8-10-13)15(11-18)23(20,21)14-5-3-2-4-6-14/h2-10,19H,1H3/b16-15+. The van der Waals surface area contributed by atoms with Crippen LogP contribution in [0.5, 0.6) is 0 Å². The lowest BCUT2D eigenvalue weighted by atomic mass is 10.3. The van der Waals surface area contributed by atoms with E-state index >= 15 is 0 Å². The zero-order valence-electron chi connectivity index (χ0n) is 12.2. The molecule has 0 amide bonds. The molecule has 23 heavy (non-hydrogen) atoms. The van der Waals surface area contributed by atoms with Crippen molar-refractivity contribution in [2.24, 2.45) is 0 Å². The molecular weight excluding hydrogens is 335 g/mol. The van der Waals surface area contributed by atoms with Gasteiger partial charge in [-0.25, -0.2) is 12.8 Å². The number of sulfone groups is 1. The number of hydrogen-bond donors (Lipinski definition) is 1. The fraction of sp³-hybridized carbons (Fsp3) is 0.0625. The molecule has 0 aliphatic heterocycles. The number of thioether (sulfide) groups is 1. The van der Waals surface area contributed by atoms with Gasteiger partial charge in [0.05, 0.1) is 4.90 Å². The lowest BCUT2D eigenvalue weighted by Gasteiger charge is -2.12. The monoisotopic (exact) mass is 348 g/mol. The van der Waals surface area contributed by atoms with Crippen LogP contribution in [-0.2, 0) is 9.84 Å². The molecule has 0 aromatic heterocycles. The van der Waals surface area contributed by atoms with E-state index in [1.54, 1.807) is 30.5 Å². The van der Waals surface area contributed by atoms with Gasteiger partial charge in [-0.1, -0.05) is 18.2 Å². The summed E-state index contributed by atoms with van der Waals surface area (Å²) in [5.41, 5.74) is 0.492. The Morgan fingerprint density at radius 3 is 2.26 bits per heavy atom. The van der Waals surface area contributed by atoms with E-state index in [0.717, 1.165) is 11.8 Å². The molecule has 0 saturated heterocycles. The molecule has 0 aliphatic carbocycles. The smallest absolute Gasteiger partial charge is 0.219 e. The van der Waals surface area contributed by atoms with Gasteiger partial charge in [-0.2, -0.15) is 5.26 Å². The molecule has 2 aromatic carbocycles. The molecule has 0 fully saturated rings. The first kappa shape index (κ1) is 17.1. The SMILES string of the molecule is CS/C(Nc1ccc(F)cc1)=C(\C#N)S(=O)(=O)c1ccccc1. The molecule has 0 atom stereocenters. The number of nitriles is 1. The van der Waals surface area contributed by atoms with Gasteiger partial charge >= 0.3 is 0 Å². The van der Waals surface area contributed by atoms with Crippen molar-refractivity contribution in [3.8, 4) is 6.07 Å². The Balaban J connectivity index is 2.48. The fourth-order valence-corrected chi connectivity index (χ4v) is 4.01. The minimum atomic E-state index is -3.93. The zero-order chi connectivity index (χ0) is 16.9. The number of halogens is 1. The first-order chi connectivity index (χ1) is 11.0. The van der Waals surface area contributed by atoms with Gasteiger partial charge in [-0.3, -0.25) is 0 Å². The molecule has 0 spiro atoms. The minimum absolute atomic E-state index is 0.0454. The molecule has 0 aliphatic rings. The maximum absolute atomic E-state index is 12.9. The molecule has 0 unspecified atom stereocenters. The lowest BCUT2D eigenvalue weighted by molar-refractivity contribution is 0.603.